The van der Waals surface area contributed by atoms with E-state index in [4.69, 9.17) is 9.84 Å². The molecular formula is C12H17NO5S. The zero-order valence-corrected chi connectivity index (χ0v) is 12.0. The average molecular weight is 287 g/mol. The van der Waals surface area contributed by atoms with Crippen LogP contribution in [-0.4, -0.2) is 32.1 Å². The smallest absolute Gasteiger partial charge is 0.324 e. The molecule has 0 amide bonds. The van der Waals surface area contributed by atoms with E-state index >= 15 is 0 Å². The zero-order chi connectivity index (χ0) is 14.8. The van der Waals surface area contributed by atoms with Gasteiger partial charge in [0.15, 0.2) is 0 Å². The van der Waals surface area contributed by atoms with Crippen LogP contribution in [0.1, 0.15) is 19.4 Å². The van der Waals surface area contributed by atoms with Gasteiger partial charge in [-0.25, -0.2) is 8.42 Å². The van der Waals surface area contributed by atoms with Crippen molar-refractivity contribution in [2.75, 3.05) is 7.11 Å². The number of carbonyl (C=O) groups is 1. The van der Waals surface area contributed by atoms with Gasteiger partial charge in [0.2, 0.25) is 10.0 Å². The predicted octanol–water partition coefficient (Wildman–Crippen LogP) is 1.15. The van der Waals surface area contributed by atoms with Crippen LogP contribution in [0.2, 0.25) is 0 Å². The van der Waals surface area contributed by atoms with E-state index in [1.807, 2.05) is 0 Å². The van der Waals surface area contributed by atoms with Crippen molar-refractivity contribution in [3.05, 3.63) is 23.8 Å². The first-order valence-electron chi connectivity index (χ1n) is 5.52. The lowest BCUT2D eigenvalue weighted by molar-refractivity contribution is -0.142. The molecule has 0 aliphatic heterocycles. The third kappa shape index (κ3) is 3.45. The van der Waals surface area contributed by atoms with Crippen LogP contribution in [0.25, 0.3) is 0 Å². The third-order valence-electron chi connectivity index (χ3n) is 2.53. The summed E-state index contributed by atoms with van der Waals surface area (Å²) >= 11 is 0. The molecule has 1 rings (SSSR count). The summed E-state index contributed by atoms with van der Waals surface area (Å²) in [5, 5.41) is 8.97. The highest BCUT2D eigenvalue weighted by Gasteiger charge is 2.34. The fourth-order valence-corrected chi connectivity index (χ4v) is 3.05. The van der Waals surface area contributed by atoms with Gasteiger partial charge in [0, 0.05) is 0 Å². The zero-order valence-electron chi connectivity index (χ0n) is 11.2. The minimum absolute atomic E-state index is 0.0793. The molecule has 0 spiro atoms. The summed E-state index contributed by atoms with van der Waals surface area (Å²) in [6.07, 6.45) is 0. The van der Waals surface area contributed by atoms with Crippen LogP contribution in [0.5, 0.6) is 5.75 Å². The Bertz CT molecular complexity index is 592. The summed E-state index contributed by atoms with van der Waals surface area (Å²) in [6, 6.07) is 4.66. The van der Waals surface area contributed by atoms with Gasteiger partial charge in [-0.15, -0.1) is 0 Å². The topological polar surface area (TPSA) is 92.7 Å². The number of ether oxygens (including phenoxy) is 1. The van der Waals surface area contributed by atoms with E-state index in [2.05, 4.69) is 4.72 Å². The van der Waals surface area contributed by atoms with Crippen molar-refractivity contribution in [3.63, 3.8) is 0 Å². The van der Waals surface area contributed by atoms with Crippen LogP contribution in [-0.2, 0) is 14.8 Å². The second-order valence-corrected chi connectivity index (χ2v) is 6.34. The Hall–Kier alpha value is -1.60. The molecule has 0 atom stereocenters. The molecule has 0 aliphatic rings. The number of benzene rings is 1. The minimum atomic E-state index is -3.98. The second-order valence-electron chi connectivity index (χ2n) is 4.69. The van der Waals surface area contributed by atoms with E-state index in [0.29, 0.717) is 0 Å². The number of hydrogen-bond donors (Lipinski definition) is 2. The summed E-state index contributed by atoms with van der Waals surface area (Å²) in [6.45, 7) is 4.28. The Morgan fingerprint density at radius 1 is 1.37 bits per heavy atom. The van der Waals surface area contributed by atoms with Crippen molar-refractivity contribution in [1.82, 2.24) is 4.72 Å². The van der Waals surface area contributed by atoms with Gasteiger partial charge in [-0.3, -0.25) is 4.79 Å². The maximum absolute atomic E-state index is 12.2. The minimum Gasteiger partial charge on any atom is -0.495 e. The Morgan fingerprint density at radius 3 is 2.42 bits per heavy atom. The first-order chi connectivity index (χ1) is 8.60. The molecular weight excluding hydrogens is 270 g/mol. The largest absolute Gasteiger partial charge is 0.495 e. The van der Waals surface area contributed by atoms with Gasteiger partial charge in [-0.2, -0.15) is 4.72 Å². The number of rotatable bonds is 5. The van der Waals surface area contributed by atoms with Crippen LogP contribution in [0.15, 0.2) is 23.1 Å². The van der Waals surface area contributed by atoms with Crippen LogP contribution in [0.4, 0.5) is 0 Å². The number of nitrogens with one attached hydrogen (secondary N) is 1. The fourth-order valence-electron chi connectivity index (χ4n) is 1.43. The molecule has 19 heavy (non-hydrogen) atoms. The van der Waals surface area contributed by atoms with Crippen molar-refractivity contribution in [2.45, 2.75) is 31.2 Å². The molecule has 1 aromatic rings. The predicted molar refractivity (Wildman–Crippen MR) is 69.8 cm³/mol. The van der Waals surface area contributed by atoms with Gasteiger partial charge in [0.25, 0.3) is 0 Å². The van der Waals surface area contributed by atoms with E-state index in [1.165, 1.54) is 33.1 Å². The van der Waals surface area contributed by atoms with Crippen LogP contribution >= 0.6 is 0 Å². The number of aryl methyl sites for hydroxylation is 1. The summed E-state index contributed by atoms with van der Waals surface area (Å²) < 4.78 is 31.6. The van der Waals surface area contributed by atoms with E-state index < -0.39 is 21.5 Å². The van der Waals surface area contributed by atoms with Crippen molar-refractivity contribution < 1.29 is 23.1 Å². The van der Waals surface area contributed by atoms with Crippen molar-refractivity contribution in [3.8, 4) is 5.75 Å². The Kier molecular flexibility index (Phi) is 4.21. The summed E-state index contributed by atoms with van der Waals surface area (Å²) in [5.41, 5.74) is -0.873. The molecule has 0 heterocycles. The fraction of sp³-hybridized carbons (Fsp3) is 0.417. The number of sulfonamides is 1. The number of hydrogen-bond acceptors (Lipinski definition) is 4. The molecule has 0 saturated carbocycles. The first-order valence-corrected chi connectivity index (χ1v) is 7.00. The van der Waals surface area contributed by atoms with Crippen LogP contribution in [0, 0.1) is 6.92 Å². The normalized spacial score (nSPS) is 12.2. The maximum Gasteiger partial charge on any atom is 0.324 e. The van der Waals surface area contributed by atoms with Gasteiger partial charge >= 0.3 is 5.97 Å². The maximum atomic E-state index is 12.2. The molecule has 0 aliphatic carbocycles. The van der Waals surface area contributed by atoms with E-state index in [0.717, 1.165) is 5.56 Å². The lowest BCUT2D eigenvalue weighted by atomic mass is 10.1. The van der Waals surface area contributed by atoms with E-state index in [9.17, 15) is 13.2 Å². The molecule has 2 N–H and O–H groups in total. The standard InChI is InChI=1S/C12H17NO5S/c1-8-5-6-9(18-4)10(7-8)19(16,17)13-12(2,3)11(14)15/h5-7,13H,1-4H3,(H,14,15). The molecule has 106 valence electrons. The van der Waals surface area contributed by atoms with Crippen molar-refractivity contribution in [1.29, 1.82) is 0 Å². The summed E-state index contributed by atoms with van der Waals surface area (Å²) in [5.74, 6) is -1.10. The Morgan fingerprint density at radius 2 is 1.95 bits per heavy atom. The Labute approximate surface area is 112 Å². The number of aliphatic carboxylic acids is 1. The summed E-state index contributed by atoms with van der Waals surface area (Å²) in [7, 11) is -2.63. The molecule has 1 aromatic carbocycles. The van der Waals surface area contributed by atoms with E-state index in [1.54, 1.807) is 13.0 Å². The molecule has 0 unspecified atom stereocenters. The van der Waals surface area contributed by atoms with Crippen molar-refractivity contribution in [2.24, 2.45) is 0 Å². The van der Waals surface area contributed by atoms with Crippen molar-refractivity contribution >= 4 is 16.0 Å². The SMILES string of the molecule is COc1ccc(C)cc1S(=O)(=O)NC(C)(C)C(=O)O. The van der Waals surface area contributed by atoms with Gasteiger partial charge in [-0.05, 0) is 38.5 Å². The van der Waals surface area contributed by atoms with Crippen LogP contribution < -0.4 is 9.46 Å². The quantitative estimate of drug-likeness (QED) is 0.847. The van der Waals surface area contributed by atoms with E-state index in [-0.39, 0.29) is 10.6 Å². The number of carboxylic acid groups (broad SMARTS) is 1. The molecule has 0 saturated heterocycles. The second kappa shape index (κ2) is 5.18. The molecule has 0 aromatic heterocycles. The molecule has 0 fully saturated rings. The summed E-state index contributed by atoms with van der Waals surface area (Å²) in [4.78, 5) is 10.9. The monoisotopic (exact) mass is 287 g/mol. The molecule has 6 nitrogen and oxygen atoms in total. The lowest BCUT2D eigenvalue weighted by Gasteiger charge is -2.21. The third-order valence-corrected chi connectivity index (χ3v) is 4.21. The lowest BCUT2D eigenvalue weighted by Crippen LogP contribution is -2.49. The molecule has 0 radical (unpaired) electrons. The highest BCUT2D eigenvalue weighted by Crippen LogP contribution is 2.25. The molecule has 7 heteroatoms. The number of carboxylic acids is 1. The Balaban J connectivity index is 3.28. The highest BCUT2D eigenvalue weighted by molar-refractivity contribution is 7.89. The van der Waals surface area contributed by atoms with Crippen LogP contribution in [0.3, 0.4) is 0 Å². The van der Waals surface area contributed by atoms with Gasteiger partial charge in [0.1, 0.15) is 16.2 Å². The van der Waals surface area contributed by atoms with Gasteiger partial charge in [-0.1, -0.05) is 6.07 Å². The first kappa shape index (κ1) is 15.5. The highest BCUT2D eigenvalue weighted by atomic mass is 32.2. The van der Waals surface area contributed by atoms with Gasteiger partial charge < -0.3 is 9.84 Å². The van der Waals surface area contributed by atoms with Gasteiger partial charge in [0.05, 0.1) is 7.11 Å². The number of methoxy groups -OCH3 is 1. The molecule has 0 bridgehead atoms. The average Bonchev–Trinajstić information content (AvgIpc) is 2.27.